The minimum atomic E-state index is -0.183. The first-order chi connectivity index (χ1) is 14.2. The third-order valence-electron chi connectivity index (χ3n) is 5.12. The molecule has 1 aliphatic rings. The van der Waals surface area contributed by atoms with E-state index in [2.05, 4.69) is 61.4 Å². The van der Waals surface area contributed by atoms with Gasteiger partial charge in [0.25, 0.3) is 5.78 Å². The molecule has 0 amide bonds. The molecule has 0 bridgehead atoms. The molecule has 29 heavy (non-hydrogen) atoms. The number of ether oxygens (including phenoxy) is 1. The fraction of sp³-hybridized carbons (Fsp3) is 0.400. The van der Waals surface area contributed by atoms with E-state index < -0.39 is 0 Å². The van der Waals surface area contributed by atoms with E-state index in [1.54, 1.807) is 4.52 Å². The zero-order chi connectivity index (χ0) is 20.2. The summed E-state index contributed by atoms with van der Waals surface area (Å²) in [6.07, 6.45) is 2.34. The average molecular weight is 395 g/mol. The Bertz CT molecular complexity index is 978. The van der Waals surface area contributed by atoms with Gasteiger partial charge in [0.15, 0.2) is 0 Å². The smallest absolute Gasteiger partial charge is 0.319 e. The number of piperazine rings is 1. The molecule has 0 atom stereocenters. The molecule has 1 saturated heterocycles. The fourth-order valence-corrected chi connectivity index (χ4v) is 3.45. The van der Waals surface area contributed by atoms with Crippen molar-refractivity contribution in [2.24, 2.45) is 0 Å². The van der Waals surface area contributed by atoms with Gasteiger partial charge in [-0.1, -0.05) is 6.92 Å². The van der Waals surface area contributed by atoms with Gasteiger partial charge in [0.05, 0.1) is 13.7 Å². The van der Waals surface area contributed by atoms with E-state index in [1.807, 2.05) is 6.07 Å². The predicted molar refractivity (Wildman–Crippen MR) is 111 cm³/mol. The van der Waals surface area contributed by atoms with Crippen LogP contribution in [0.25, 0.3) is 5.78 Å². The normalized spacial score (nSPS) is 14.9. The second kappa shape index (κ2) is 8.44. The molecule has 0 radical (unpaired) electrons. The van der Waals surface area contributed by atoms with Gasteiger partial charge in [0, 0.05) is 49.3 Å². The Labute approximate surface area is 169 Å². The van der Waals surface area contributed by atoms with E-state index in [9.17, 15) is 4.79 Å². The Balaban J connectivity index is 1.42. The summed E-state index contributed by atoms with van der Waals surface area (Å²) in [4.78, 5) is 24.5. The van der Waals surface area contributed by atoms with Gasteiger partial charge in [-0.3, -0.25) is 9.69 Å². The van der Waals surface area contributed by atoms with Crippen LogP contribution in [0.4, 0.5) is 17.2 Å². The number of hydrogen-bond acceptors (Lipinski definition) is 8. The summed E-state index contributed by atoms with van der Waals surface area (Å²) in [6, 6.07) is 10.3. The van der Waals surface area contributed by atoms with Crippen LogP contribution < -0.4 is 10.2 Å². The summed E-state index contributed by atoms with van der Waals surface area (Å²) >= 11 is 0. The molecular weight excluding hydrogens is 370 g/mol. The van der Waals surface area contributed by atoms with Crippen molar-refractivity contribution in [2.75, 3.05) is 50.1 Å². The Hall–Kier alpha value is -3.20. The summed E-state index contributed by atoms with van der Waals surface area (Å²) in [5, 5.41) is 7.66. The third-order valence-corrected chi connectivity index (χ3v) is 5.12. The highest BCUT2D eigenvalue weighted by Crippen LogP contribution is 2.23. The lowest BCUT2D eigenvalue weighted by atomic mass is 10.2. The molecule has 0 spiro atoms. The summed E-state index contributed by atoms with van der Waals surface area (Å²) in [7, 11) is 1.43. The number of benzene rings is 1. The van der Waals surface area contributed by atoms with Gasteiger partial charge in [-0.25, -0.2) is 4.98 Å². The molecule has 1 aliphatic heterocycles. The number of methoxy groups -OCH3 is 1. The first kappa shape index (κ1) is 19.1. The number of esters is 1. The maximum absolute atomic E-state index is 11.4. The number of aryl methyl sites for hydroxylation is 1. The molecule has 1 fully saturated rings. The molecule has 9 heteroatoms. The monoisotopic (exact) mass is 395 g/mol. The van der Waals surface area contributed by atoms with Crippen molar-refractivity contribution in [3.8, 4) is 0 Å². The summed E-state index contributed by atoms with van der Waals surface area (Å²) in [5.74, 6) is 1.25. The third kappa shape index (κ3) is 4.29. The van der Waals surface area contributed by atoms with Crippen LogP contribution in [0.3, 0.4) is 0 Å². The number of rotatable bonds is 6. The molecule has 152 valence electrons. The van der Waals surface area contributed by atoms with Crippen LogP contribution in [-0.4, -0.2) is 70.3 Å². The van der Waals surface area contributed by atoms with Crippen molar-refractivity contribution in [1.29, 1.82) is 0 Å². The number of hydrogen-bond donors (Lipinski definition) is 1. The highest BCUT2D eigenvalue weighted by Gasteiger charge is 2.19. The molecular formula is C20H25N7O2. The van der Waals surface area contributed by atoms with E-state index in [0.29, 0.717) is 12.3 Å². The lowest BCUT2D eigenvalue weighted by Crippen LogP contribution is -2.48. The minimum absolute atomic E-state index is 0.183. The highest BCUT2D eigenvalue weighted by atomic mass is 16.5. The zero-order valence-corrected chi connectivity index (χ0v) is 16.7. The molecule has 1 aromatic carbocycles. The van der Waals surface area contributed by atoms with Crippen LogP contribution >= 0.6 is 0 Å². The Kier molecular flexibility index (Phi) is 5.57. The molecule has 3 heterocycles. The first-order valence-electron chi connectivity index (χ1n) is 9.77. The standard InChI is InChI=1S/C20H25N7O2/c1-3-15-12-18(27-20(24-15)21-14-22-27)23-16-4-6-17(7-5-16)26-10-8-25(9-11-26)13-19(28)29-2/h4-7,12,14,23H,3,8-11,13H2,1-2H3. The van der Waals surface area contributed by atoms with Crippen molar-refractivity contribution in [3.05, 3.63) is 42.4 Å². The van der Waals surface area contributed by atoms with Crippen molar-refractivity contribution >= 4 is 28.9 Å². The first-order valence-corrected chi connectivity index (χ1v) is 9.77. The molecule has 2 aromatic heterocycles. The lowest BCUT2D eigenvalue weighted by molar-refractivity contribution is -0.142. The molecule has 1 N–H and O–H groups in total. The molecule has 4 rings (SSSR count). The van der Waals surface area contributed by atoms with Gasteiger partial charge >= 0.3 is 5.97 Å². The SMILES string of the molecule is CCc1cc(Nc2ccc(N3CCN(CC(=O)OC)CC3)cc2)n2ncnc2n1. The number of carbonyl (C=O) groups excluding carboxylic acids is 1. The van der Waals surface area contributed by atoms with Crippen molar-refractivity contribution in [3.63, 3.8) is 0 Å². The van der Waals surface area contributed by atoms with E-state index in [4.69, 9.17) is 4.74 Å². The van der Waals surface area contributed by atoms with E-state index in [1.165, 1.54) is 19.1 Å². The van der Waals surface area contributed by atoms with Gasteiger partial charge in [0.2, 0.25) is 0 Å². The van der Waals surface area contributed by atoms with Gasteiger partial charge in [-0.15, -0.1) is 0 Å². The zero-order valence-electron chi connectivity index (χ0n) is 16.7. The number of fused-ring (bicyclic) bond motifs is 1. The van der Waals surface area contributed by atoms with E-state index >= 15 is 0 Å². The maximum Gasteiger partial charge on any atom is 0.319 e. The van der Waals surface area contributed by atoms with Crippen LogP contribution in [-0.2, 0) is 16.0 Å². The van der Waals surface area contributed by atoms with Gasteiger partial charge in [-0.05, 0) is 30.7 Å². The Morgan fingerprint density at radius 1 is 1.17 bits per heavy atom. The number of anilines is 3. The molecule has 9 nitrogen and oxygen atoms in total. The number of carbonyl (C=O) groups is 1. The quantitative estimate of drug-likeness (QED) is 0.632. The van der Waals surface area contributed by atoms with E-state index in [-0.39, 0.29) is 5.97 Å². The number of aromatic nitrogens is 4. The largest absolute Gasteiger partial charge is 0.468 e. The van der Waals surface area contributed by atoms with Crippen molar-refractivity contribution in [1.82, 2.24) is 24.5 Å². The van der Waals surface area contributed by atoms with Crippen LogP contribution in [0.2, 0.25) is 0 Å². The Morgan fingerprint density at radius 3 is 2.62 bits per heavy atom. The molecule has 0 aliphatic carbocycles. The summed E-state index contributed by atoms with van der Waals surface area (Å²) in [6.45, 7) is 5.88. The number of nitrogens with zero attached hydrogens (tertiary/aromatic N) is 6. The van der Waals surface area contributed by atoms with Gasteiger partial charge < -0.3 is 15.0 Å². The van der Waals surface area contributed by atoms with Crippen LogP contribution in [0.15, 0.2) is 36.7 Å². The minimum Gasteiger partial charge on any atom is -0.468 e. The number of nitrogens with one attached hydrogen (secondary N) is 1. The molecule has 0 saturated carbocycles. The molecule has 0 unspecified atom stereocenters. The van der Waals surface area contributed by atoms with Crippen LogP contribution in [0.5, 0.6) is 0 Å². The van der Waals surface area contributed by atoms with Crippen LogP contribution in [0.1, 0.15) is 12.6 Å². The predicted octanol–water partition coefficient (Wildman–Crippen LogP) is 1.73. The topological polar surface area (TPSA) is 87.9 Å². The second-order valence-corrected chi connectivity index (χ2v) is 6.97. The Morgan fingerprint density at radius 2 is 1.93 bits per heavy atom. The summed E-state index contributed by atoms with van der Waals surface area (Å²) < 4.78 is 6.45. The van der Waals surface area contributed by atoms with Crippen LogP contribution in [0, 0.1) is 0 Å². The van der Waals surface area contributed by atoms with Crippen molar-refractivity contribution in [2.45, 2.75) is 13.3 Å². The average Bonchev–Trinajstić information content (AvgIpc) is 3.24. The van der Waals surface area contributed by atoms with Gasteiger partial charge in [0.1, 0.15) is 12.1 Å². The van der Waals surface area contributed by atoms with E-state index in [0.717, 1.165) is 49.8 Å². The maximum atomic E-state index is 11.4. The highest BCUT2D eigenvalue weighted by molar-refractivity contribution is 5.71. The van der Waals surface area contributed by atoms with Gasteiger partial charge in [-0.2, -0.15) is 14.6 Å². The lowest BCUT2D eigenvalue weighted by Gasteiger charge is -2.35. The second-order valence-electron chi connectivity index (χ2n) is 6.97. The van der Waals surface area contributed by atoms with Crippen molar-refractivity contribution < 1.29 is 9.53 Å². The summed E-state index contributed by atoms with van der Waals surface area (Å²) in [5.41, 5.74) is 3.11. The molecule has 3 aromatic rings. The fourth-order valence-electron chi connectivity index (χ4n) is 3.45.